The van der Waals surface area contributed by atoms with Crippen molar-refractivity contribution in [3.8, 4) is 0 Å². The van der Waals surface area contributed by atoms with Gasteiger partial charge in [-0.05, 0) is 38.0 Å². The minimum Gasteiger partial charge on any atom is -0.480 e. The molecule has 2 fully saturated rings. The largest absolute Gasteiger partial charge is 0.480 e. The lowest BCUT2D eigenvalue weighted by Gasteiger charge is -2.27. The highest BCUT2D eigenvalue weighted by atomic mass is 16.4. The molecule has 96 valence electrons. The third-order valence-electron chi connectivity index (χ3n) is 4.04. The van der Waals surface area contributed by atoms with Gasteiger partial charge in [0, 0.05) is 12.6 Å². The Morgan fingerprint density at radius 2 is 2.12 bits per heavy atom. The van der Waals surface area contributed by atoms with Crippen molar-refractivity contribution in [3.05, 3.63) is 0 Å². The van der Waals surface area contributed by atoms with Gasteiger partial charge in [0.1, 0.15) is 6.54 Å². The number of carboxylic acid groups (broad SMARTS) is 1. The monoisotopic (exact) mass is 240 g/mol. The maximum absolute atomic E-state index is 11.9. The lowest BCUT2D eigenvalue weighted by atomic mass is 9.95. The lowest BCUT2D eigenvalue weighted by Crippen LogP contribution is -2.48. The number of carbonyl (C=O) groups is 2. The first-order valence-electron chi connectivity index (χ1n) is 6.37. The summed E-state index contributed by atoms with van der Waals surface area (Å²) in [7, 11) is 0. The van der Waals surface area contributed by atoms with Crippen LogP contribution in [0, 0.1) is 11.8 Å². The molecule has 0 aromatic carbocycles. The first-order valence-corrected chi connectivity index (χ1v) is 6.37. The van der Waals surface area contributed by atoms with Gasteiger partial charge in [-0.2, -0.15) is 0 Å². The molecule has 2 aliphatic rings. The summed E-state index contributed by atoms with van der Waals surface area (Å²) >= 11 is 0. The van der Waals surface area contributed by atoms with Crippen LogP contribution in [-0.2, 0) is 4.79 Å². The molecular weight excluding hydrogens is 220 g/mol. The van der Waals surface area contributed by atoms with Crippen molar-refractivity contribution < 1.29 is 14.7 Å². The Balaban J connectivity index is 1.85. The molecular formula is C12H20N2O3. The molecule has 2 rings (SSSR count). The predicted molar refractivity (Wildman–Crippen MR) is 62.7 cm³/mol. The fraction of sp³-hybridized carbons (Fsp3) is 0.833. The Kier molecular flexibility index (Phi) is 3.54. The van der Waals surface area contributed by atoms with Gasteiger partial charge >= 0.3 is 12.0 Å². The maximum atomic E-state index is 11.9. The number of nitrogens with one attached hydrogen (secondary N) is 1. The minimum absolute atomic E-state index is 0.219. The number of nitrogens with zero attached hydrogens (tertiary/aromatic N) is 1. The van der Waals surface area contributed by atoms with Crippen LogP contribution in [0.5, 0.6) is 0 Å². The van der Waals surface area contributed by atoms with Crippen LogP contribution in [0.1, 0.15) is 32.6 Å². The third-order valence-corrected chi connectivity index (χ3v) is 4.04. The van der Waals surface area contributed by atoms with Crippen LogP contribution in [0.3, 0.4) is 0 Å². The normalized spacial score (nSPS) is 30.3. The van der Waals surface area contributed by atoms with Gasteiger partial charge < -0.3 is 15.3 Å². The zero-order valence-corrected chi connectivity index (χ0v) is 10.2. The smallest absolute Gasteiger partial charge is 0.323 e. The summed E-state index contributed by atoms with van der Waals surface area (Å²) in [6, 6.07) is 0.0385. The van der Waals surface area contributed by atoms with Gasteiger partial charge in [-0.3, -0.25) is 4.79 Å². The highest BCUT2D eigenvalue weighted by molar-refractivity contribution is 5.80. The average molecular weight is 240 g/mol. The maximum Gasteiger partial charge on any atom is 0.323 e. The molecule has 3 atom stereocenters. The molecule has 0 aliphatic heterocycles. The topological polar surface area (TPSA) is 69.6 Å². The standard InChI is InChI=1S/C12H20N2O3/c1-2-14(7-11(15)16)12(17)13-10-6-8-3-4-9(10)5-8/h8-10H,2-7H2,1H3,(H,13,17)(H,15,16). The number of carboxylic acids is 1. The highest BCUT2D eigenvalue weighted by Gasteiger charge is 2.40. The molecule has 5 heteroatoms. The number of fused-ring (bicyclic) bond motifs is 2. The summed E-state index contributed by atoms with van der Waals surface area (Å²) < 4.78 is 0. The molecule has 3 unspecified atom stereocenters. The molecule has 2 bridgehead atoms. The van der Waals surface area contributed by atoms with Crippen LogP contribution >= 0.6 is 0 Å². The summed E-state index contributed by atoms with van der Waals surface area (Å²) in [5.74, 6) is 0.433. The Bertz CT molecular complexity index is 319. The number of carbonyl (C=O) groups excluding carboxylic acids is 1. The number of likely N-dealkylation sites (N-methyl/N-ethyl adjacent to an activating group) is 1. The lowest BCUT2D eigenvalue weighted by molar-refractivity contribution is -0.137. The van der Waals surface area contributed by atoms with Crippen molar-refractivity contribution in [2.75, 3.05) is 13.1 Å². The van der Waals surface area contributed by atoms with E-state index in [4.69, 9.17) is 5.11 Å². The van der Waals surface area contributed by atoms with Crippen LogP contribution < -0.4 is 5.32 Å². The number of amides is 2. The second kappa shape index (κ2) is 4.94. The quantitative estimate of drug-likeness (QED) is 0.778. The number of urea groups is 1. The van der Waals surface area contributed by atoms with Gasteiger partial charge in [0.2, 0.25) is 0 Å². The molecule has 17 heavy (non-hydrogen) atoms. The molecule has 0 heterocycles. The number of rotatable bonds is 4. The van der Waals surface area contributed by atoms with E-state index in [0.29, 0.717) is 12.5 Å². The summed E-state index contributed by atoms with van der Waals surface area (Å²) in [6.45, 7) is 2.01. The summed E-state index contributed by atoms with van der Waals surface area (Å²) in [4.78, 5) is 23.9. The van der Waals surface area contributed by atoms with E-state index in [2.05, 4.69) is 5.32 Å². The molecule has 2 amide bonds. The molecule has 2 aliphatic carbocycles. The molecule has 2 N–H and O–H groups in total. The summed E-state index contributed by atoms with van der Waals surface area (Å²) in [5.41, 5.74) is 0. The zero-order chi connectivity index (χ0) is 12.4. The van der Waals surface area contributed by atoms with Gasteiger partial charge in [-0.15, -0.1) is 0 Å². The van der Waals surface area contributed by atoms with Crippen LogP contribution in [0.2, 0.25) is 0 Å². The molecule has 0 aromatic heterocycles. The molecule has 2 saturated carbocycles. The van der Waals surface area contributed by atoms with E-state index >= 15 is 0 Å². The van der Waals surface area contributed by atoms with Gasteiger partial charge in [0.05, 0.1) is 0 Å². The molecule has 0 saturated heterocycles. The summed E-state index contributed by atoms with van der Waals surface area (Å²) in [6.07, 6.45) is 4.81. The molecule has 0 spiro atoms. The molecule has 0 radical (unpaired) electrons. The zero-order valence-electron chi connectivity index (χ0n) is 10.2. The van der Waals surface area contributed by atoms with E-state index in [1.165, 1.54) is 24.2 Å². The number of hydrogen-bond acceptors (Lipinski definition) is 2. The van der Waals surface area contributed by atoms with Crippen molar-refractivity contribution in [3.63, 3.8) is 0 Å². The predicted octanol–water partition coefficient (Wildman–Crippen LogP) is 1.29. The second-order valence-electron chi connectivity index (χ2n) is 5.14. The van der Waals surface area contributed by atoms with Crippen molar-refractivity contribution in [1.29, 1.82) is 0 Å². The van der Waals surface area contributed by atoms with Crippen molar-refractivity contribution in [1.82, 2.24) is 10.2 Å². The van der Waals surface area contributed by atoms with E-state index < -0.39 is 5.97 Å². The molecule has 0 aromatic rings. The van der Waals surface area contributed by atoms with Crippen molar-refractivity contribution >= 4 is 12.0 Å². The van der Waals surface area contributed by atoms with E-state index in [-0.39, 0.29) is 18.6 Å². The Morgan fingerprint density at radius 1 is 1.35 bits per heavy atom. The minimum atomic E-state index is -0.963. The Hall–Kier alpha value is -1.26. The van der Waals surface area contributed by atoms with Crippen LogP contribution in [-0.4, -0.2) is 41.1 Å². The van der Waals surface area contributed by atoms with Gasteiger partial charge in [0.25, 0.3) is 0 Å². The van der Waals surface area contributed by atoms with E-state index in [0.717, 1.165) is 12.3 Å². The van der Waals surface area contributed by atoms with Gasteiger partial charge in [-0.25, -0.2) is 4.79 Å². The van der Waals surface area contributed by atoms with E-state index in [9.17, 15) is 9.59 Å². The number of hydrogen-bond donors (Lipinski definition) is 2. The SMILES string of the molecule is CCN(CC(=O)O)C(=O)NC1CC2CCC1C2. The van der Waals surface area contributed by atoms with Crippen molar-refractivity contribution in [2.45, 2.75) is 38.6 Å². The first kappa shape index (κ1) is 12.2. The first-order chi connectivity index (χ1) is 8.10. The van der Waals surface area contributed by atoms with Crippen LogP contribution in [0.15, 0.2) is 0 Å². The Morgan fingerprint density at radius 3 is 2.59 bits per heavy atom. The van der Waals surface area contributed by atoms with Crippen LogP contribution in [0.25, 0.3) is 0 Å². The Labute approximate surface area is 101 Å². The fourth-order valence-electron chi connectivity index (χ4n) is 3.16. The van der Waals surface area contributed by atoms with E-state index in [1.807, 2.05) is 0 Å². The molecule has 5 nitrogen and oxygen atoms in total. The van der Waals surface area contributed by atoms with Gasteiger partial charge in [-0.1, -0.05) is 6.42 Å². The highest BCUT2D eigenvalue weighted by Crippen LogP contribution is 2.44. The fourth-order valence-corrected chi connectivity index (χ4v) is 3.16. The number of aliphatic carboxylic acids is 1. The average Bonchev–Trinajstić information content (AvgIpc) is 2.87. The van der Waals surface area contributed by atoms with Crippen molar-refractivity contribution in [2.24, 2.45) is 11.8 Å². The summed E-state index contributed by atoms with van der Waals surface area (Å²) in [5, 5.41) is 11.7. The third kappa shape index (κ3) is 2.70. The second-order valence-corrected chi connectivity index (χ2v) is 5.14. The van der Waals surface area contributed by atoms with Gasteiger partial charge in [0.15, 0.2) is 0 Å². The van der Waals surface area contributed by atoms with E-state index in [1.54, 1.807) is 6.92 Å². The van der Waals surface area contributed by atoms with Crippen LogP contribution in [0.4, 0.5) is 4.79 Å².